The van der Waals surface area contributed by atoms with Crippen LogP contribution in [0.15, 0.2) is 30.3 Å². The monoisotopic (exact) mass is 338 g/mol. The Morgan fingerprint density at radius 3 is 2.74 bits per heavy atom. The summed E-state index contributed by atoms with van der Waals surface area (Å²) in [4.78, 5) is 13.9. The van der Waals surface area contributed by atoms with Gasteiger partial charge < -0.3 is 15.3 Å². The van der Waals surface area contributed by atoms with Gasteiger partial charge in [0.25, 0.3) is 0 Å². The van der Waals surface area contributed by atoms with Gasteiger partial charge in [0.05, 0.1) is 11.6 Å². The molecule has 6 heteroatoms. The molecule has 0 bridgehead atoms. The maximum absolute atomic E-state index is 12.2. The second kappa shape index (κ2) is 7.93. The lowest BCUT2D eigenvalue weighted by molar-refractivity contribution is 0.00991. The summed E-state index contributed by atoms with van der Waals surface area (Å²) in [5, 5.41) is 13.0. The highest BCUT2D eigenvalue weighted by atomic mass is 32.2. The van der Waals surface area contributed by atoms with Crippen molar-refractivity contribution >= 4 is 16.8 Å². The summed E-state index contributed by atoms with van der Waals surface area (Å²) in [5.74, 6) is 0.939. The van der Waals surface area contributed by atoms with Crippen LogP contribution in [0.5, 0.6) is 0 Å². The van der Waals surface area contributed by atoms with Crippen molar-refractivity contribution in [2.24, 2.45) is 0 Å². The number of hydrogen-bond acceptors (Lipinski definition) is 3. The largest absolute Gasteiger partial charge is 0.388 e. The van der Waals surface area contributed by atoms with Crippen molar-refractivity contribution in [2.45, 2.75) is 44.1 Å². The van der Waals surface area contributed by atoms with Gasteiger partial charge in [-0.15, -0.1) is 0 Å². The van der Waals surface area contributed by atoms with Crippen molar-refractivity contribution in [1.82, 2.24) is 10.2 Å². The molecule has 2 atom stereocenters. The lowest BCUT2D eigenvalue weighted by Gasteiger charge is -2.33. The van der Waals surface area contributed by atoms with E-state index in [1.807, 2.05) is 30.3 Å². The van der Waals surface area contributed by atoms with Gasteiger partial charge in [0.2, 0.25) is 0 Å². The standard InChI is InChI=1S/C17H26N2O3S/c1-17(2,21)15-9-6-11-19(15)16(20)18-10-12-23(22)13-14-7-4-3-5-8-14/h3-5,7-8,15,21H,6,9-13H2,1-2H3,(H,18,20)/t15-,23-/m1/s1. The van der Waals surface area contributed by atoms with E-state index < -0.39 is 16.4 Å². The number of hydrogen-bond donors (Lipinski definition) is 2. The van der Waals surface area contributed by atoms with Crippen molar-refractivity contribution in [2.75, 3.05) is 18.8 Å². The molecule has 1 aliphatic rings. The fourth-order valence-electron chi connectivity index (χ4n) is 2.95. The third kappa shape index (κ3) is 5.32. The molecule has 1 fully saturated rings. The van der Waals surface area contributed by atoms with Crippen molar-refractivity contribution in [3.8, 4) is 0 Å². The second-order valence-corrected chi connectivity index (χ2v) is 8.09. The molecule has 2 amide bonds. The molecule has 2 N–H and O–H groups in total. The van der Waals surface area contributed by atoms with Crippen LogP contribution in [0, 0.1) is 0 Å². The Kier molecular flexibility index (Phi) is 6.18. The van der Waals surface area contributed by atoms with Crippen molar-refractivity contribution in [1.29, 1.82) is 0 Å². The number of nitrogens with one attached hydrogen (secondary N) is 1. The van der Waals surface area contributed by atoms with Crippen molar-refractivity contribution in [3.63, 3.8) is 0 Å². The summed E-state index contributed by atoms with van der Waals surface area (Å²) in [6, 6.07) is 9.37. The van der Waals surface area contributed by atoms with Crippen molar-refractivity contribution < 1.29 is 14.1 Å². The number of carbonyl (C=O) groups is 1. The SMILES string of the molecule is CC(C)(O)[C@H]1CCCN1C(=O)NCC[S@@](=O)Cc1ccccc1. The first-order chi connectivity index (χ1) is 10.9. The van der Waals surface area contributed by atoms with Crippen LogP contribution in [0.25, 0.3) is 0 Å². The van der Waals surface area contributed by atoms with Crippen molar-refractivity contribution in [3.05, 3.63) is 35.9 Å². The summed E-state index contributed by atoms with van der Waals surface area (Å²) in [6.45, 7) is 4.51. The van der Waals surface area contributed by atoms with Crippen LogP contribution in [-0.4, -0.2) is 50.7 Å². The normalized spacial score (nSPS) is 19.6. The van der Waals surface area contributed by atoms with E-state index in [0.717, 1.165) is 18.4 Å². The van der Waals surface area contributed by atoms with Crippen LogP contribution in [0.3, 0.4) is 0 Å². The molecular formula is C17H26N2O3S. The molecule has 1 aliphatic heterocycles. The lowest BCUT2D eigenvalue weighted by atomic mass is 9.97. The summed E-state index contributed by atoms with van der Waals surface area (Å²) >= 11 is 0. The van der Waals surface area contributed by atoms with Crippen LogP contribution in [-0.2, 0) is 16.6 Å². The first-order valence-corrected chi connectivity index (χ1v) is 9.52. The first kappa shape index (κ1) is 17.9. The van der Waals surface area contributed by atoms with Crippen LogP contribution in [0.2, 0.25) is 0 Å². The predicted octanol–water partition coefficient (Wildman–Crippen LogP) is 1.88. The van der Waals surface area contributed by atoms with Crippen LogP contribution >= 0.6 is 0 Å². The Morgan fingerprint density at radius 2 is 2.09 bits per heavy atom. The quantitative estimate of drug-likeness (QED) is 0.832. The molecule has 0 spiro atoms. The van der Waals surface area contributed by atoms with Gasteiger partial charge in [-0.2, -0.15) is 0 Å². The highest BCUT2D eigenvalue weighted by molar-refractivity contribution is 7.84. The molecule has 1 aromatic rings. The summed E-state index contributed by atoms with van der Waals surface area (Å²) in [5.41, 5.74) is 0.142. The smallest absolute Gasteiger partial charge is 0.317 e. The molecule has 0 saturated carbocycles. The predicted molar refractivity (Wildman–Crippen MR) is 92.6 cm³/mol. The number of benzene rings is 1. The fourth-order valence-corrected chi connectivity index (χ4v) is 3.99. The van der Waals surface area contributed by atoms with E-state index >= 15 is 0 Å². The Balaban J connectivity index is 1.75. The third-order valence-corrected chi connectivity index (χ3v) is 5.42. The van der Waals surface area contributed by atoms with E-state index in [2.05, 4.69) is 5.32 Å². The number of rotatable bonds is 6. The highest BCUT2D eigenvalue weighted by Crippen LogP contribution is 2.26. The molecule has 0 aliphatic carbocycles. The molecule has 0 unspecified atom stereocenters. The zero-order valence-electron chi connectivity index (χ0n) is 13.8. The van der Waals surface area contributed by atoms with Gasteiger partial charge in [0.15, 0.2) is 0 Å². The van der Waals surface area contributed by atoms with E-state index in [1.165, 1.54) is 0 Å². The lowest BCUT2D eigenvalue weighted by Crippen LogP contribution is -2.51. The number of likely N-dealkylation sites (tertiary alicyclic amines) is 1. The zero-order chi connectivity index (χ0) is 16.9. The first-order valence-electron chi connectivity index (χ1n) is 8.03. The summed E-state index contributed by atoms with van der Waals surface area (Å²) in [6.07, 6.45) is 1.72. The Labute approximate surface area is 140 Å². The van der Waals surface area contributed by atoms with E-state index in [1.54, 1.807) is 18.7 Å². The molecule has 1 aromatic carbocycles. The number of aliphatic hydroxyl groups is 1. The van der Waals surface area contributed by atoms with Crippen LogP contribution in [0.1, 0.15) is 32.3 Å². The van der Waals surface area contributed by atoms with E-state index in [-0.39, 0.29) is 12.1 Å². The molecular weight excluding hydrogens is 312 g/mol. The summed E-state index contributed by atoms with van der Waals surface area (Å²) < 4.78 is 12.0. The minimum atomic E-state index is -0.997. The summed E-state index contributed by atoms with van der Waals surface area (Å²) in [7, 11) is -0.997. The minimum absolute atomic E-state index is 0.155. The topological polar surface area (TPSA) is 69.6 Å². The van der Waals surface area contributed by atoms with Gasteiger partial charge in [-0.3, -0.25) is 4.21 Å². The third-order valence-electron chi connectivity index (χ3n) is 4.11. The van der Waals surface area contributed by atoms with Gasteiger partial charge in [0, 0.05) is 35.4 Å². The maximum Gasteiger partial charge on any atom is 0.317 e. The minimum Gasteiger partial charge on any atom is -0.388 e. The Bertz CT molecular complexity index is 543. The number of amides is 2. The average molecular weight is 338 g/mol. The van der Waals surface area contributed by atoms with Crippen LogP contribution in [0.4, 0.5) is 4.79 Å². The Hall–Kier alpha value is -1.40. The van der Waals surface area contributed by atoms with Gasteiger partial charge in [0.1, 0.15) is 0 Å². The van der Waals surface area contributed by atoms with E-state index in [0.29, 0.717) is 24.6 Å². The molecule has 1 heterocycles. The molecule has 0 aromatic heterocycles. The average Bonchev–Trinajstić information content (AvgIpc) is 2.98. The van der Waals surface area contributed by atoms with Gasteiger partial charge >= 0.3 is 6.03 Å². The number of nitrogens with zero attached hydrogens (tertiary/aromatic N) is 1. The number of carbonyl (C=O) groups excluding carboxylic acids is 1. The Morgan fingerprint density at radius 1 is 1.39 bits per heavy atom. The maximum atomic E-state index is 12.2. The molecule has 2 rings (SSSR count). The number of urea groups is 1. The van der Waals surface area contributed by atoms with Gasteiger partial charge in [-0.25, -0.2) is 4.79 Å². The van der Waals surface area contributed by atoms with Gasteiger partial charge in [-0.05, 0) is 32.3 Å². The second-order valence-electron chi connectivity index (χ2n) is 6.51. The highest BCUT2D eigenvalue weighted by Gasteiger charge is 2.38. The molecule has 1 saturated heterocycles. The molecule has 0 radical (unpaired) electrons. The van der Waals surface area contributed by atoms with E-state index in [4.69, 9.17) is 0 Å². The fraction of sp³-hybridized carbons (Fsp3) is 0.588. The molecule has 23 heavy (non-hydrogen) atoms. The zero-order valence-corrected chi connectivity index (χ0v) is 14.6. The molecule has 5 nitrogen and oxygen atoms in total. The van der Waals surface area contributed by atoms with E-state index in [9.17, 15) is 14.1 Å². The van der Waals surface area contributed by atoms with Crippen LogP contribution < -0.4 is 5.32 Å². The molecule has 128 valence electrons. The van der Waals surface area contributed by atoms with Gasteiger partial charge in [-0.1, -0.05) is 30.3 Å².